The fraction of sp³-hybridized carbons (Fsp3) is 0.154. The smallest absolute Gasteiger partial charge is 0.226 e. The highest BCUT2D eigenvalue weighted by molar-refractivity contribution is 7.98. The molecule has 0 aliphatic carbocycles. The van der Waals surface area contributed by atoms with Gasteiger partial charge in [0, 0.05) is 16.6 Å². The van der Waals surface area contributed by atoms with Crippen molar-refractivity contribution in [2.75, 3.05) is 5.73 Å². The summed E-state index contributed by atoms with van der Waals surface area (Å²) in [4.78, 5) is 12.2. The molecular weight excluding hydrogens is 250 g/mol. The van der Waals surface area contributed by atoms with Crippen LogP contribution in [0.5, 0.6) is 5.75 Å². The first-order valence-corrected chi connectivity index (χ1v) is 6.35. The van der Waals surface area contributed by atoms with Crippen LogP contribution in [-0.4, -0.2) is 5.11 Å². The van der Waals surface area contributed by atoms with E-state index in [1.54, 1.807) is 0 Å². The highest BCUT2D eigenvalue weighted by atomic mass is 32.2. The number of aryl methyl sites for hydroxylation is 1. The maximum atomic E-state index is 11.2. The van der Waals surface area contributed by atoms with Gasteiger partial charge in [0.15, 0.2) is 5.75 Å². The summed E-state index contributed by atoms with van der Waals surface area (Å²) in [7, 11) is 0. The minimum atomic E-state index is -0.436. The normalized spacial score (nSPS) is 10.5. The summed E-state index contributed by atoms with van der Waals surface area (Å²) in [6.07, 6.45) is 1.05. The highest BCUT2D eigenvalue weighted by Gasteiger charge is 2.06. The van der Waals surface area contributed by atoms with Crippen LogP contribution in [0.1, 0.15) is 11.3 Å². The van der Waals surface area contributed by atoms with Gasteiger partial charge in [-0.2, -0.15) is 0 Å². The molecule has 18 heavy (non-hydrogen) atoms. The Labute approximate surface area is 108 Å². The number of nitrogens with two attached hydrogens (primary N) is 1. The van der Waals surface area contributed by atoms with Gasteiger partial charge in [-0.1, -0.05) is 12.1 Å². The van der Waals surface area contributed by atoms with Crippen molar-refractivity contribution in [3.05, 3.63) is 52.1 Å². The lowest BCUT2D eigenvalue weighted by Gasteiger charge is -2.07. The van der Waals surface area contributed by atoms with Gasteiger partial charge >= 0.3 is 0 Å². The second-order valence-electron chi connectivity index (χ2n) is 3.87. The van der Waals surface area contributed by atoms with Crippen molar-refractivity contribution in [2.24, 2.45) is 0 Å². The molecule has 3 N–H and O–H groups in total. The number of hydrogen-bond acceptors (Lipinski definition) is 5. The number of benzene rings is 1. The lowest BCUT2D eigenvalue weighted by Crippen LogP contribution is -1.99. The minimum absolute atomic E-state index is 0.376. The third-order valence-corrected chi connectivity index (χ3v) is 3.62. The fourth-order valence-corrected chi connectivity index (χ4v) is 2.39. The van der Waals surface area contributed by atoms with E-state index in [0.717, 1.165) is 22.4 Å². The van der Waals surface area contributed by atoms with Crippen LogP contribution < -0.4 is 11.2 Å². The first-order chi connectivity index (χ1) is 8.58. The van der Waals surface area contributed by atoms with E-state index in [2.05, 4.69) is 0 Å². The molecule has 2 rings (SSSR count). The van der Waals surface area contributed by atoms with Gasteiger partial charge in [-0.3, -0.25) is 4.79 Å². The predicted octanol–water partition coefficient (Wildman–Crippen LogP) is 2.53. The molecule has 0 fully saturated rings. The van der Waals surface area contributed by atoms with Gasteiger partial charge in [-0.05, 0) is 18.6 Å². The Balaban J connectivity index is 2.14. The molecule has 4 nitrogen and oxygen atoms in total. The zero-order valence-electron chi connectivity index (χ0n) is 9.84. The van der Waals surface area contributed by atoms with Gasteiger partial charge in [0.05, 0.1) is 5.75 Å². The molecule has 94 valence electrons. The number of hydrogen-bond donors (Lipinski definition) is 2. The molecule has 1 aromatic carbocycles. The van der Waals surface area contributed by atoms with Crippen molar-refractivity contribution in [1.29, 1.82) is 0 Å². The predicted molar refractivity (Wildman–Crippen MR) is 71.8 cm³/mol. The van der Waals surface area contributed by atoms with Crippen LogP contribution in [0.25, 0.3) is 0 Å². The monoisotopic (exact) mass is 263 g/mol. The van der Waals surface area contributed by atoms with E-state index in [0.29, 0.717) is 11.5 Å². The van der Waals surface area contributed by atoms with Crippen LogP contribution in [0.4, 0.5) is 5.69 Å². The lowest BCUT2D eigenvalue weighted by atomic mass is 10.2. The molecule has 0 aliphatic rings. The molecule has 0 unspecified atom stereocenters. The zero-order chi connectivity index (χ0) is 13.1. The number of anilines is 1. The largest absolute Gasteiger partial charge is 0.502 e. The summed E-state index contributed by atoms with van der Waals surface area (Å²) < 4.78 is 5.12. The molecule has 0 bridgehead atoms. The average Bonchev–Trinajstić information content (AvgIpc) is 2.35. The molecule has 1 aromatic heterocycles. The van der Waals surface area contributed by atoms with Gasteiger partial charge in [0.2, 0.25) is 5.43 Å². The molecule has 0 saturated carbocycles. The number of thioether (sulfide) groups is 1. The molecule has 2 aromatic rings. The second-order valence-corrected chi connectivity index (χ2v) is 4.89. The Morgan fingerprint density at radius 2 is 2.22 bits per heavy atom. The number of para-hydroxylation sites is 1. The van der Waals surface area contributed by atoms with Crippen LogP contribution >= 0.6 is 11.8 Å². The molecule has 0 saturated heterocycles. The van der Waals surface area contributed by atoms with Crippen molar-refractivity contribution < 1.29 is 9.52 Å². The van der Waals surface area contributed by atoms with Gasteiger partial charge in [0.1, 0.15) is 12.0 Å². The van der Waals surface area contributed by atoms with Crippen molar-refractivity contribution >= 4 is 17.4 Å². The second kappa shape index (κ2) is 5.18. The van der Waals surface area contributed by atoms with E-state index in [1.165, 1.54) is 17.8 Å². The van der Waals surface area contributed by atoms with Gasteiger partial charge in [-0.25, -0.2) is 0 Å². The first kappa shape index (κ1) is 12.6. The third kappa shape index (κ3) is 2.68. The summed E-state index contributed by atoms with van der Waals surface area (Å²) in [5.41, 5.74) is 7.27. The van der Waals surface area contributed by atoms with Crippen molar-refractivity contribution in [1.82, 2.24) is 0 Å². The Morgan fingerprint density at radius 1 is 1.44 bits per heavy atom. The summed E-state index contributed by atoms with van der Waals surface area (Å²) in [5.74, 6) is 0.617. The topological polar surface area (TPSA) is 76.5 Å². The standard InChI is InChI=1S/C13H13NO3S/c1-8-3-2-4-12(13(8)14)18-7-9-5-10(15)11(16)6-17-9/h2-6,16H,7,14H2,1H3. The number of aromatic hydroxyl groups is 1. The van der Waals surface area contributed by atoms with E-state index in [1.807, 2.05) is 25.1 Å². The van der Waals surface area contributed by atoms with Gasteiger partial charge in [-0.15, -0.1) is 11.8 Å². The first-order valence-electron chi connectivity index (χ1n) is 5.36. The van der Waals surface area contributed by atoms with Crippen LogP contribution in [0, 0.1) is 6.92 Å². The van der Waals surface area contributed by atoms with Gasteiger partial charge < -0.3 is 15.3 Å². The van der Waals surface area contributed by atoms with Gasteiger partial charge in [0.25, 0.3) is 0 Å². The summed E-state index contributed by atoms with van der Waals surface area (Å²) in [6, 6.07) is 7.08. The molecule has 0 radical (unpaired) electrons. The van der Waals surface area contributed by atoms with Crippen LogP contribution in [-0.2, 0) is 5.75 Å². The van der Waals surface area contributed by atoms with E-state index in [9.17, 15) is 4.79 Å². The van der Waals surface area contributed by atoms with Crippen LogP contribution in [0.2, 0.25) is 0 Å². The summed E-state index contributed by atoms with van der Waals surface area (Å²) >= 11 is 1.49. The van der Waals surface area contributed by atoms with Crippen molar-refractivity contribution in [2.45, 2.75) is 17.6 Å². The Morgan fingerprint density at radius 3 is 2.94 bits per heavy atom. The molecule has 0 spiro atoms. The maximum Gasteiger partial charge on any atom is 0.226 e. The van der Waals surface area contributed by atoms with E-state index < -0.39 is 5.43 Å². The zero-order valence-corrected chi connectivity index (χ0v) is 10.7. The lowest BCUT2D eigenvalue weighted by molar-refractivity contribution is 0.419. The van der Waals surface area contributed by atoms with Crippen LogP contribution in [0.3, 0.4) is 0 Å². The Bertz CT molecular complexity index is 622. The summed E-state index contributed by atoms with van der Waals surface area (Å²) in [6.45, 7) is 1.94. The summed E-state index contributed by atoms with van der Waals surface area (Å²) in [5, 5.41) is 9.08. The van der Waals surface area contributed by atoms with E-state index in [4.69, 9.17) is 15.3 Å². The highest BCUT2D eigenvalue weighted by Crippen LogP contribution is 2.29. The molecule has 0 aliphatic heterocycles. The van der Waals surface area contributed by atoms with Crippen molar-refractivity contribution in [3.8, 4) is 5.75 Å². The molecule has 5 heteroatoms. The van der Waals surface area contributed by atoms with Crippen LogP contribution in [0.15, 0.2) is 44.6 Å². The SMILES string of the molecule is Cc1cccc(SCc2cc(=O)c(O)co2)c1N. The number of nitrogen functional groups attached to an aromatic ring is 1. The van der Waals surface area contributed by atoms with E-state index in [-0.39, 0.29) is 5.75 Å². The number of rotatable bonds is 3. The minimum Gasteiger partial charge on any atom is -0.502 e. The molecular formula is C13H13NO3S. The van der Waals surface area contributed by atoms with Crippen molar-refractivity contribution in [3.63, 3.8) is 0 Å². The molecule has 0 amide bonds. The average molecular weight is 263 g/mol. The molecule has 0 atom stereocenters. The third-order valence-electron chi connectivity index (χ3n) is 2.52. The Hall–Kier alpha value is -1.88. The fourth-order valence-electron chi connectivity index (χ4n) is 1.45. The Kier molecular flexibility index (Phi) is 3.62. The van der Waals surface area contributed by atoms with E-state index >= 15 is 0 Å². The quantitative estimate of drug-likeness (QED) is 0.657. The maximum absolute atomic E-state index is 11.2. The molecule has 1 heterocycles.